The van der Waals surface area contributed by atoms with Crippen LogP contribution >= 0.6 is 0 Å². The average molecular weight is 499 g/mol. The molecule has 0 atom stereocenters. The van der Waals surface area contributed by atoms with E-state index in [0.29, 0.717) is 0 Å². The summed E-state index contributed by atoms with van der Waals surface area (Å²) >= 11 is 0. The van der Waals surface area contributed by atoms with Crippen molar-refractivity contribution in [1.29, 1.82) is 0 Å². The van der Waals surface area contributed by atoms with E-state index in [1.165, 1.54) is 32.3 Å². The Morgan fingerprint density at radius 1 is 0.359 bits per heavy atom. The summed E-state index contributed by atoms with van der Waals surface area (Å²) in [6.45, 7) is 0. The summed E-state index contributed by atoms with van der Waals surface area (Å²) in [5, 5.41) is 13.5. The van der Waals surface area contributed by atoms with Crippen LogP contribution < -0.4 is 4.90 Å². The molecule has 0 fully saturated rings. The van der Waals surface area contributed by atoms with Crippen molar-refractivity contribution in [2.24, 2.45) is 0 Å². The minimum Gasteiger partial charge on any atom is -0.310 e. The highest BCUT2D eigenvalue weighted by atomic mass is 15.1. The Bertz CT molecular complexity index is 2320. The molecular weight excluding hydrogens is 470 g/mol. The molecule has 0 amide bonds. The molecule has 39 heavy (non-hydrogen) atoms. The summed E-state index contributed by atoms with van der Waals surface area (Å²) in [6, 6.07) is 36.2. The zero-order valence-corrected chi connectivity index (χ0v) is 20.8. The highest BCUT2D eigenvalue weighted by Gasteiger charge is 2.18. The van der Waals surface area contributed by atoms with Crippen molar-refractivity contribution >= 4 is 81.7 Å². The fourth-order valence-corrected chi connectivity index (χ4v) is 6.50. The molecule has 9 aromatic carbocycles. The summed E-state index contributed by atoms with van der Waals surface area (Å²) in [4.78, 5) is 1.84. The quantitative estimate of drug-likeness (QED) is 0.219. The van der Waals surface area contributed by atoms with Gasteiger partial charge in [0.25, 0.3) is 0 Å². The number of nitrogens with zero attached hydrogens (tertiary/aromatic N) is 1. The molecule has 9 aromatic rings. The van der Waals surface area contributed by atoms with Crippen LogP contribution in [0.3, 0.4) is 0 Å². The number of benzene rings is 9. The monoisotopic (exact) mass is 498 g/mol. The van der Waals surface area contributed by atoms with Crippen molar-refractivity contribution < 1.29 is 6.85 Å². The van der Waals surface area contributed by atoms with Gasteiger partial charge >= 0.3 is 0 Å². The molecule has 1 heteroatoms. The van der Waals surface area contributed by atoms with E-state index in [4.69, 9.17) is 6.85 Å². The minimum atomic E-state index is -0.408. The van der Waals surface area contributed by atoms with Crippen LogP contribution in [0.4, 0.5) is 17.1 Å². The second-order valence-electron chi connectivity index (χ2n) is 10.3. The molecule has 0 spiro atoms. The van der Waals surface area contributed by atoms with Gasteiger partial charge in [0.2, 0.25) is 0 Å². The molecule has 0 aliphatic carbocycles. The van der Waals surface area contributed by atoms with E-state index in [0.717, 1.165) is 43.7 Å². The van der Waals surface area contributed by atoms with Crippen LogP contribution in [0.15, 0.2) is 139 Å². The molecule has 0 unspecified atom stereocenters. The number of anilines is 3. The van der Waals surface area contributed by atoms with Crippen LogP contribution in [0.1, 0.15) is 6.85 Å². The lowest BCUT2D eigenvalue weighted by Gasteiger charge is -2.27. The highest BCUT2D eigenvalue weighted by molar-refractivity contribution is 6.25. The third kappa shape index (κ3) is 2.96. The fourth-order valence-electron chi connectivity index (χ4n) is 6.50. The zero-order chi connectivity index (χ0) is 29.9. The van der Waals surface area contributed by atoms with Gasteiger partial charge in [0.1, 0.15) is 0 Å². The van der Waals surface area contributed by atoms with Crippen molar-refractivity contribution in [3.8, 4) is 0 Å². The lowest BCUT2D eigenvalue weighted by molar-refractivity contribution is 1.30. The van der Waals surface area contributed by atoms with Gasteiger partial charge in [-0.1, -0.05) is 103 Å². The van der Waals surface area contributed by atoms with E-state index >= 15 is 0 Å². The first-order chi connectivity index (χ1) is 21.4. The number of hydrogen-bond donors (Lipinski definition) is 0. The largest absolute Gasteiger partial charge is 0.310 e. The van der Waals surface area contributed by atoms with Crippen molar-refractivity contribution in [2.45, 2.75) is 0 Å². The Balaban J connectivity index is 1.39. The number of hydrogen-bond acceptors (Lipinski definition) is 1. The predicted octanol–water partition coefficient (Wildman–Crippen LogP) is 11.0. The van der Waals surface area contributed by atoms with Crippen molar-refractivity contribution in [1.82, 2.24) is 0 Å². The van der Waals surface area contributed by atoms with Crippen LogP contribution in [-0.2, 0) is 0 Å². The van der Waals surface area contributed by atoms with Crippen molar-refractivity contribution in [3.05, 3.63) is 139 Å². The first-order valence-electron chi connectivity index (χ1n) is 15.6. The second-order valence-corrected chi connectivity index (χ2v) is 10.3. The van der Waals surface area contributed by atoms with Crippen LogP contribution in [0.25, 0.3) is 64.6 Å². The van der Waals surface area contributed by atoms with E-state index < -0.39 is 6.04 Å². The lowest BCUT2D eigenvalue weighted by atomic mass is 9.93. The van der Waals surface area contributed by atoms with Gasteiger partial charge in [-0.05, 0) is 101 Å². The standard InChI is InChI=1S/C38H23N/c1-2-10-32(11-3-1)39(33-20-28-16-12-24-6-4-7-25-13-17-29(21-33)37(28)35(24)25)34-22-30-18-14-26-8-5-9-27-15-19-31(23-34)38(30)36(26)27/h1-23H/i1D,2D,3D,10D,11D. The lowest BCUT2D eigenvalue weighted by Crippen LogP contribution is -2.10. The molecule has 9 rings (SSSR count). The third-order valence-corrected chi connectivity index (χ3v) is 8.12. The van der Waals surface area contributed by atoms with Crippen molar-refractivity contribution in [2.75, 3.05) is 4.90 Å². The van der Waals surface area contributed by atoms with Gasteiger partial charge in [-0.15, -0.1) is 0 Å². The molecule has 0 aromatic heterocycles. The molecule has 0 heterocycles. The molecular formula is C38H23N. The summed E-state index contributed by atoms with van der Waals surface area (Å²) in [5.74, 6) is 0. The smallest absolute Gasteiger partial charge is 0.0645 e. The number of rotatable bonds is 3. The second kappa shape index (κ2) is 7.69. The Morgan fingerprint density at radius 3 is 1.08 bits per heavy atom. The van der Waals surface area contributed by atoms with Gasteiger partial charge in [0, 0.05) is 17.1 Å². The molecule has 1 nitrogen and oxygen atoms in total. The minimum absolute atomic E-state index is 0.122. The van der Waals surface area contributed by atoms with Gasteiger partial charge in [-0.2, -0.15) is 0 Å². The summed E-state index contributed by atoms with van der Waals surface area (Å²) in [5.41, 5.74) is 1.57. The first-order valence-corrected chi connectivity index (χ1v) is 13.1. The SMILES string of the molecule is [2H]c1c([2H])c([2H])c(N(c2cc3ccc4cccc5ccc(c2)c3c45)c2cc3ccc4cccc5ccc(c2)c3c45)c([2H])c1[2H]. The number of para-hydroxylation sites is 1. The van der Waals surface area contributed by atoms with E-state index in [1.54, 1.807) is 0 Å². The summed E-state index contributed by atoms with van der Waals surface area (Å²) in [7, 11) is 0. The normalized spacial score (nSPS) is 13.9. The zero-order valence-electron chi connectivity index (χ0n) is 25.8. The molecule has 0 radical (unpaired) electrons. The maximum absolute atomic E-state index is 8.98. The van der Waals surface area contributed by atoms with Gasteiger partial charge < -0.3 is 4.90 Å². The summed E-state index contributed by atoms with van der Waals surface area (Å²) in [6.07, 6.45) is 0. The first kappa shape index (κ1) is 16.7. The highest BCUT2D eigenvalue weighted by Crippen LogP contribution is 2.44. The van der Waals surface area contributed by atoms with E-state index in [1.807, 2.05) is 4.90 Å². The van der Waals surface area contributed by atoms with Crippen molar-refractivity contribution in [3.63, 3.8) is 0 Å². The Labute approximate surface area is 232 Å². The Kier molecular flexibility index (Phi) is 3.28. The van der Waals surface area contributed by atoms with Crippen LogP contribution in [0, 0.1) is 0 Å². The summed E-state index contributed by atoms with van der Waals surface area (Å²) < 4.78 is 43.2. The van der Waals surface area contributed by atoms with E-state index in [9.17, 15) is 0 Å². The fraction of sp³-hybridized carbons (Fsp3) is 0. The van der Waals surface area contributed by atoms with E-state index in [2.05, 4.69) is 109 Å². The average Bonchev–Trinajstić information content (AvgIpc) is 3.06. The maximum atomic E-state index is 8.98. The predicted molar refractivity (Wildman–Crippen MR) is 169 cm³/mol. The maximum Gasteiger partial charge on any atom is 0.0645 e. The van der Waals surface area contributed by atoms with Crippen LogP contribution in [0.5, 0.6) is 0 Å². The molecule has 0 saturated carbocycles. The molecule has 0 saturated heterocycles. The Morgan fingerprint density at radius 2 is 0.692 bits per heavy atom. The van der Waals surface area contributed by atoms with E-state index in [-0.39, 0.29) is 29.9 Å². The molecule has 0 bridgehead atoms. The third-order valence-electron chi connectivity index (χ3n) is 8.12. The van der Waals surface area contributed by atoms with Gasteiger partial charge in [0.05, 0.1) is 6.85 Å². The molecule has 0 N–H and O–H groups in total. The van der Waals surface area contributed by atoms with Crippen LogP contribution in [0.2, 0.25) is 0 Å². The van der Waals surface area contributed by atoms with Gasteiger partial charge in [-0.25, -0.2) is 0 Å². The molecule has 180 valence electrons. The van der Waals surface area contributed by atoms with Gasteiger partial charge in [0.15, 0.2) is 0 Å². The molecule has 0 aliphatic rings. The topological polar surface area (TPSA) is 3.24 Å². The van der Waals surface area contributed by atoms with Crippen LogP contribution in [-0.4, -0.2) is 0 Å². The Hall–Kier alpha value is -5.14. The molecule has 0 aliphatic heterocycles. The van der Waals surface area contributed by atoms with Gasteiger partial charge in [-0.3, -0.25) is 0 Å².